The normalized spacial score (nSPS) is 14.4. The third-order valence-corrected chi connectivity index (χ3v) is 4.56. The zero-order valence-electron chi connectivity index (χ0n) is 11.7. The molecule has 0 saturated heterocycles. The molecule has 4 heteroatoms. The minimum atomic E-state index is -0.861. The summed E-state index contributed by atoms with van der Waals surface area (Å²) in [5.41, 5.74) is 1.93. The van der Waals surface area contributed by atoms with Crippen LogP contribution < -0.4 is 9.47 Å². The highest BCUT2D eigenvalue weighted by atomic mass is 32.2. The molecule has 108 valence electrons. The van der Waals surface area contributed by atoms with E-state index in [9.17, 15) is 4.21 Å². The molecule has 0 radical (unpaired) electrons. The summed E-state index contributed by atoms with van der Waals surface area (Å²) >= 11 is 0. The van der Waals surface area contributed by atoms with Crippen LogP contribution in [0.2, 0.25) is 0 Å². The highest BCUT2D eigenvalue weighted by Gasteiger charge is 2.17. The van der Waals surface area contributed by atoms with Gasteiger partial charge in [-0.15, -0.1) is 0 Å². The van der Waals surface area contributed by atoms with E-state index < -0.39 is 10.8 Å². The molecule has 1 aliphatic rings. The Balaban J connectivity index is 1.92. The van der Waals surface area contributed by atoms with Gasteiger partial charge in [0.15, 0.2) is 17.3 Å². The number of hydrogen-bond donors (Lipinski definition) is 0. The molecular weight excluding hydrogens is 284 g/mol. The van der Waals surface area contributed by atoms with Crippen molar-refractivity contribution in [3.63, 3.8) is 0 Å². The second kappa shape index (κ2) is 6.14. The molecule has 0 fully saturated rings. The molecular formula is C17H16O3S. The summed E-state index contributed by atoms with van der Waals surface area (Å²) in [5, 5.41) is 0. The molecule has 0 spiro atoms. The third-order valence-electron chi connectivity index (χ3n) is 3.28. The first kappa shape index (κ1) is 13.9. The minimum Gasteiger partial charge on any atom is -0.457 e. The van der Waals surface area contributed by atoms with Crippen LogP contribution in [0.15, 0.2) is 54.8 Å². The Hall–Kier alpha value is -2.07. The molecule has 0 N–H and O–H groups in total. The minimum absolute atomic E-state index is 0.523. The van der Waals surface area contributed by atoms with E-state index >= 15 is 0 Å². The van der Waals surface area contributed by atoms with Gasteiger partial charge in [-0.25, -0.2) is 0 Å². The van der Waals surface area contributed by atoms with Crippen molar-refractivity contribution in [3.05, 3.63) is 65.9 Å². The van der Waals surface area contributed by atoms with Crippen LogP contribution in [0.25, 0.3) is 5.76 Å². The summed E-state index contributed by atoms with van der Waals surface area (Å²) in [7, 11) is -0.861. The van der Waals surface area contributed by atoms with E-state index in [0.717, 1.165) is 11.1 Å². The lowest BCUT2D eigenvalue weighted by Gasteiger charge is -2.19. The molecule has 0 saturated carbocycles. The van der Waals surface area contributed by atoms with E-state index in [1.54, 1.807) is 6.26 Å². The van der Waals surface area contributed by atoms with E-state index in [0.29, 0.717) is 28.8 Å². The zero-order valence-corrected chi connectivity index (χ0v) is 12.6. The molecule has 2 aromatic carbocycles. The van der Waals surface area contributed by atoms with Crippen molar-refractivity contribution in [1.29, 1.82) is 0 Å². The maximum absolute atomic E-state index is 11.8. The van der Waals surface area contributed by atoms with Gasteiger partial charge in [-0.1, -0.05) is 43.3 Å². The van der Waals surface area contributed by atoms with Crippen LogP contribution in [0.1, 0.15) is 18.1 Å². The predicted octanol–water partition coefficient (Wildman–Crippen LogP) is 3.73. The number of ether oxygens (including phenoxy) is 2. The smallest absolute Gasteiger partial charge is 0.170 e. The molecule has 2 aromatic rings. The molecule has 1 heterocycles. The van der Waals surface area contributed by atoms with Crippen molar-refractivity contribution in [1.82, 2.24) is 0 Å². The molecule has 0 bridgehead atoms. The largest absolute Gasteiger partial charge is 0.457 e. The van der Waals surface area contributed by atoms with Crippen LogP contribution in [0, 0.1) is 0 Å². The van der Waals surface area contributed by atoms with Gasteiger partial charge < -0.3 is 9.47 Å². The first-order valence-corrected chi connectivity index (χ1v) is 8.33. The number of fused-ring (bicyclic) bond motifs is 1. The van der Waals surface area contributed by atoms with E-state index in [4.69, 9.17) is 9.47 Å². The molecule has 1 aliphatic heterocycles. The molecule has 0 aliphatic carbocycles. The summed E-state index contributed by atoms with van der Waals surface area (Å²) in [5.74, 6) is 3.22. The zero-order chi connectivity index (χ0) is 14.7. The second-order valence-corrected chi connectivity index (χ2v) is 6.42. The highest BCUT2D eigenvalue weighted by molar-refractivity contribution is 7.84. The first-order valence-electron chi connectivity index (χ1n) is 6.85. The predicted molar refractivity (Wildman–Crippen MR) is 84.5 cm³/mol. The van der Waals surface area contributed by atoms with Crippen LogP contribution in [-0.4, -0.2) is 9.96 Å². The fourth-order valence-electron chi connectivity index (χ4n) is 2.17. The van der Waals surface area contributed by atoms with Gasteiger partial charge in [-0.2, -0.15) is 0 Å². The molecule has 1 unspecified atom stereocenters. The molecule has 0 amide bonds. The Morgan fingerprint density at radius 3 is 2.52 bits per heavy atom. The van der Waals surface area contributed by atoms with Crippen LogP contribution in [0.3, 0.4) is 0 Å². The van der Waals surface area contributed by atoms with Crippen LogP contribution in [0.4, 0.5) is 0 Å². The maximum atomic E-state index is 11.8. The summed E-state index contributed by atoms with van der Waals surface area (Å²) in [6.45, 7) is 1.93. The van der Waals surface area contributed by atoms with Crippen molar-refractivity contribution in [2.75, 3.05) is 5.75 Å². The fraction of sp³-hybridized carbons (Fsp3) is 0.176. The van der Waals surface area contributed by atoms with E-state index in [2.05, 4.69) is 0 Å². The fourth-order valence-corrected chi connectivity index (χ4v) is 2.97. The number of benzene rings is 2. The maximum Gasteiger partial charge on any atom is 0.170 e. The van der Waals surface area contributed by atoms with Crippen LogP contribution in [0.5, 0.6) is 11.5 Å². The molecule has 21 heavy (non-hydrogen) atoms. The Labute approximate surface area is 126 Å². The first-order chi connectivity index (χ1) is 10.3. The van der Waals surface area contributed by atoms with Crippen molar-refractivity contribution in [3.8, 4) is 11.5 Å². The average molecular weight is 300 g/mol. The summed E-state index contributed by atoms with van der Waals surface area (Å²) < 4.78 is 23.4. The third kappa shape index (κ3) is 3.00. The average Bonchev–Trinajstić information content (AvgIpc) is 2.55. The van der Waals surface area contributed by atoms with Gasteiger partial charge >= 0.3 is 0 Å². The van der Waals surface area contributed by atoms with Crippen molar-refractivity contribution in [2.45, 2.75) is 12.7 Å². The Morgan fingerprint density at radius 2 is 1.71 bits per heavy atom. The van der Waals surface area contributed by atoms with Gasteiger partial charge in [-0.05, 0) is 17.7 Å². The van der Waals surface area contributed by atoms with E-state index in [1.165, 1.54) is 0 Å². The summed E-state index contributed by atoms with van der Waals surface area (Å²) in [6, 6.07) is 15.4. The number of hydrogen-bond acceptors (Lipinski definition) is 3. The molecule has 0 aromatic heterocycles. The highest BCUT2D eigenvalue weighted by Crippen LogP contribution is 2.35. The van der Waals surface area contributed by atoms with Gasteiger partial charge in [0.1, 0.15) is 6.26 Å². The molecule has 3 nitrogen and oxygen atoms in total. The Bertz CT molecular complexity index is 707. The van der Waals surface area contributed by atoms with Crippen LogP contribution in [-0.2, 0) is 16.6 Å². The van der Waals surface area contributed by atoms with Crippen molar-refractivity contribution >= 4 is 16.6 Å². The standard InChI is InChI=1S/C17H16O3S/c1-2-21(18)12-13-7-3-4-8-14(13)17-11-19-15-9-5-6-10-16(15)20-17/h3-11H,2,12H2,1H3. The number of para-hydroxylation sites is 2. The lowest BCUT2D eigenvalue weighted by atomic mass is 10.1. The summed E-state index contributed by atoms with van der Waals surface area (Å²) in [6.07, 6.45) is 1.61. The SMILES string of the molecule is CCS(=O)Cc1ccccc1C1=COc2ccccc2O1. The van der Waals surface area contributed by atoms with Crippen LogP contribution >= 0.6 is 0 Å². The van der Waals surface area contributed by atoms with Crippen molar-refractivity contribution in [2.24, 2.45) is 0 Å². The molecule has 3 rings (SSSR count). The van der Waals surface area contributed by atoms with Gasteiger partial charge in [0, 0.05) is 27.9 Å². The van der Waals surface area contributed by atoms with Gasteiger partial charge in [0.05, 0.1) is 0 Å². The lowest BCUT2D eigenvalue weighted by molar-refractivity contribution is 0.383. The quantitative estimate of drug-likeness (QED) is 0.863. The topological polar surface area (TPSA) is 35.5 Å². The van der Waals surface area contributed by atoms with E-state index in [-0.39, 0.29) is 0 Å². The Morgan fingerprint density at radius 1 is 1.00 bits per heavy atom. The Kier molecular flexibility index (Phi) is 4.06. The van der Waals surface area contributed by atoms with Gasteiger partial charge in [0.2, 0.25) is 0 Å². The van der Waals surface area contributed by atoms with Gasteiger partial charge in [-0.3, -0.25) is 4.21 Å². The van der Waals surface area contributed by atoms with Crippen molar-refractivity contribution < 1.29 is 13.7 Å². The van der Waals surface area contributed by atoms with E-state index in [1.807, 2.05) is 55.5 Å². The second-order valence-electron chi connectivity index (χ2n) is 4.68. The monoisotopic (exact) mass is 300 g/mol. The lowest BCUT2D eigenvalue weighted by Crippen LogP contribution is -2.08. The van der Waals surface area contributed by atoms with Gasteiger partial charge in [0.25, 0.3) is 0 Å². The number of rotatable bonds is 4. The molecule has 1 atom stereocenters. The summed E-state index contributed by atoms with van der Waals surface area (Å²) in [4.78, 5) is 0.